The molecule has 0 radical (unpaired) electrons. The van der Waals surface area contributed by atoms with Crippen molar-refractivity contribution in [3.05, 3.63) is 83.2 Å². The highest BCUT2D eigenvalue weighted by atomic mass is 16.3. The lowest BCUT2D eigenvalue weighted by Crippen LogP contribution is -2.32. The first-order valence-electron chi connectivity index (χ1n) is 8.96. The van der Waals surface area contributed by atoms with Crippen LogP contribution in [-0.4, -0.2) is 26.7 Å². The van der Waals surface area contributed by atoms with Gasteiger partial charge in [0.1, 0.15) is 23.2 Å². The molecule has 1 atom stereocenters. The van der Waals surface area contributed by atoms with Gasteiger partial charge >= 0.3 is 0 Å². The van der Waals surface area contributed by atoms with Crippen LogP contribution in [0.1, 0.15) is 28.9 Å². The van der Waals surface area contributed by atoms with Crippen molar-refractivity contribution >= 4 is 23.3 Å². The number of aromatic hydroxyl groups is 1. The molecule has 1 aliphatic heterocycles. The van der Waals surface area contributed by atoms with Crippen molar-refractivity contribution in [2.75, 3.05) is 10.6 Å². The number of aromatic nitrogens is 2. The SMILES string of the molecule is CC1=C(C(=O)Nc2ccccc2)C(c2ccc(O)cc2)n2ncc(C(N)=O)c2N1. The number of hydrogen-bond acceptors (Lipinski definition) is 5. The molecule has 0 aliphatic carbocycles. The molecule has 1 aliphatic rings. The smallest absolute Gasteiger partial charge is 0.255 e. The Labute approximate surface area is 166 Å². The van der Waals surface area contributed by atoms with E-state index < -0.39 is 11.9 Å². The molecule has 8 heteroatoms. The normalized spacial score (nSPS) is 15.4. The Morgan fingerprint density at radius 1 is 1.14 bits per heavy atom. The van der Waals surface area contributed by atoms with Gasteiger partial charge in [0.2, 0.25) is 0 Å². The third kappa shape index (κ3) is 3.31. The number of para-hydroxylation sites is 1. The monoisotopic (exact) mass is 389 g/mol. The summed E-state index contributed by atoms with van der Waals surface area (Å²) in [4.78, 5) is 25.0. The van der Waals surface area contributed by atoms with E-state index in [1.165, 1.54) is 18.3 Å². The summed E-state index contributed by atoms with van der Waals surface area (Å²) in [6.07, 6.45) is 1.38. The van der Waals surface area contributed by atoms with E-state index >= 15 is 0 Å². The van der Waals surface area contributed by atoms with Gasteiger partial charge in [0.25, 0.3) is 11.8 Å². The van der Waals surface area contributed by atoms with Crippen LogP contribution in [0.15, 0.2) is 72.1 Å². The molecule has 0 bridgehead atoms. The van der Waals surface area contributed by atoms with Gasteiger partial charge in [-0.15, -0.1) is 0 Å². The number of primary amides is 1. The Bertz CT molecular complexity index is 1120. The zero-order chi connectivity index (χ0) is 20.5. The minimum absolute atomic E-state index is 0.109. The number of phenolic OH excluding ortho intramolecular Hbond substituents is 1. The fourth-order valence-corrected chi connectivity index (χ4v) is 3.41. The second-order valence-corrected chi connectivity index (χ2v) is 6.69. The first kappa shape index (κ1) is 18.3. The van der Waals surface area contributed by atoms with Crippen LogP contribution >= 0.6 is 0 Å². The van der Waals surface area contributed by atoms with Gasteiger partial charge in [0.05, 0.1) is 11.8 Å². The molecule has 8 nitrogen and oxygen atoms in total. The van der Waals surface area contributed by atoms with Crippen molar-refractivity contribution in [3.8, 4) is 5.75 Å². The van der Waals surface area contributed by atoms with Crippen LogP contribution in [0, 0.1) is 0 Å². The maximum Gasteiger partial charge on any atom is 0.255 e. The molecule has 4 rings (SSSR count). The molecule has 1 unspecified atom stereocenters. The number of nitrogens with two attached hydrogens (primary N) is 1. The molecule has 1 aromatic heterocycles. The number of carbonyl (C=O) groups is 2. The van der Waals surface area contributed by atoms with E-state index in [1.807, 2.05) is 18.2 Å². The van der Waals surface area contributed by atoms with Crippen molar-refractivity contribution in [2.24, 2.45) is 5.73 Å². The minimum atomic E-state index is -0.617. The van der Waals surface area contributed by atoms with Gasteiger partial charge in [-0.25, -0.2) is 4.68 Å². The van der Waals surface area contributed by atoms with Gasteiger partial charge in [-0.2, -0.15) is 5.10 Å². The third-order valence-corrected chi connectivity index (χ3v) is 4.77. The van der Waals surface area contributed by atoms with E-state index in [9.17, 15) is 14.7 Å². The number of hydrogen-bond donors (Lipinski definition) is 4. The van der Waals surface area contributed by atoms with Gasteiger partial charge in [0.15, 0.2) is 0 Å². The Kier molecular flexibility index (Phi) is 4.52. The summed E-state index contributed by atoms with van der Waals surface area (Å²) in [7, 11) is 0. The van der Waals surface area contributed by atoms with E-state index in [1.54, 1.807) is 35.9 Å². The summed E-state index contributed by atoms with van der Waals surface area (Å²) >= 11 is 0. The molecule has 0 saturated carbocycles. The van der Waals surface area contributed by atoms with E-state index in [2.05, 4.69) is 15.7 Å². The maximum absolute atomic E-state index is 13.2. The molecular formula is C21H19N5O3. The fourth-order valence-electron chi connectivity index (χ4n) is 3.41. The maximum atomic E-state index is 13.2. The Balaban J connectivity index is 1.82. The molecule has 2 heterocycles. The van der Waals surface area contributed by atoms with E-state index in [0.717, 1.165) is 5.56 Å². The number of fused-ring (bicyclic) bond motifs is 1. The van der Waals surface area contributed by atoms with Crippen LogP contribution in [-0.2, 0) is 4.79 Å². The van der Waals surface area contributed by atoms with E-state index in [-0.39, 0.29) is 17.2 Å². The summed E-state index contributed by atoms with van der Waals surface area (Å²) < 4.78 is 1.55. The molecule has 2 aromatic carbocycles. The second-order valence-electron chi connectivity index (χ2n) is 6.69. The second kappa shape index (κ2) is 7.16. The Hall–Kier alpha value is -4.07. The predicted molar refractivity (Wildman–Crippen MR) is 108 cm³/mol. The van der Waals surface area contributed by atoms with Crippen molar-refractivity contribution in [2.45, 2.75) is 13.0 Å². The third-order valence-electron chi connectivity index (χ3n) is 4.77. The zero-order valence-electron chi connectivity index (χ0n) is 15.6. The van der Waals surface area contributed by atoms with Crippen LogP contribution in [0.5, 0.6) is 5.75 Å². The molecule has 29 heavy (non-hydrogen) atoms. The van der Waals surface area contributed by atoms with Gasteiger partial charge < -0.3 is 21.5 Å². The topological polar surface area (TPSA) is 122 Å². The first-order valence-corrected chi connectivity index (χ1v) is 8.96. The number of rotatable bonds is 4. The van der Waals surface area contributed by atoms with Crippen LogP contribution in [0.4, 0.5) is 11.5 Å². The number of nitrogens with one attached hydrogen (secondary N) is 2. The van der Waals surface area contributed by atoms with Gasteiger partial charge in [0, 0.05) is 11.4 Å². The van der Waals surface area contributed by atoms with Crippen LogP contribution in [0.3, 0.4) is 0 Å². The number of allylic oxidation sites excluding steroid dienone is 1. The van der Waals surface area contributed by atoms with Crippen LogP contribution < -0.4 is 16.4 Å². The summed E-state index contributed by atoms with van der Waals surface area (Å²) in [5.41, 5.74) is 8.09. The van der Waals surface area contributed by atoms with E-state index in [4.69, 9.17) is 5.73 Å². The van der Waals surface area contributed by atoms with Gasteiger partial charge in [-0.05, 0) is 36.8 Å². The van der Waals surface area contributed by atoms with Gasteiger partial charge in [-0.1, -0.05) is 30.3 Å². The predicted octanol–water partition coefficient (Wildman–Crippen LogP) is 2.62. The Morgan fingerprint density at radius 2 is 1.83 bits per heavy atom. The number of amides is 2. The van der Waals surface area contributed by atoms with Crippen molar-refractivity contribution in [1.29, 1.82) is 0 Å². The molecule has 0 spiro atoms. The summed E-state index contributed by atoms with van der Waals surface area (Å²) in [6.45, 7) is 1.76. The van der Waals surface area contributed by atoms with E-state index in [0.29, 0.717) is 22.8 Å². The molecule has 3 aromatic rings. The lowest BCUT2D eigenvalue weighted by Gasteiger charge is -2.30. The van der Waals surface area contributed by atoms with Crippen LogP contribution in [0.25, 0.3) is 0 Å². The van der Waals surface area contributed by atoms with Crippen LogP contribution in [0.2, 0.25) is 0 Å². The molecule has 0 saturated heterocycles. The number of benzene rings is 2. The minimum Gasteiger partial charge on any atom is -0.508 e. The number of carbonyl (C=O) groups excluding carboxylic acids is 2. The highest BCUT2D eigenvalue weighted by Gasteiger charge is 2.34. The standard InChI is InChI=1S/C21H19N5O3/c1-12-17(21(29)25-14-5-3-2-4-6-14)18(13-7-9-15(27)10-8-13)26-20(24-12)16(11-23-26)19(22)28/h2-11,18,24,27H,1H3,(H2,22,28)(H,25,29). The summed E-state index contributed by atoms with van der Waals surface area (Å²) in [5, 5.41) is 20.0. The average Bonchev–Trinajstić information content (AvgIpc) is 3.12. The lowest BCUT2D eigenvalue weighted by molar-refractivity contribution is -0.113. The average molecular weight is 389 g/mol. The van der Waals surface area contributed by atoms with Crippen molar-refractivity contribution < 1.29 is 14.7 Å². The first-order chi connectivity index (χ1) is 14.0. The fraction of sp³-hybridized carbons (Fsp3) is 0.0952. The molecular weight excluding hydrogens is 370 g/mol. The number of nitrogens with zero attached hydrogens (tertiary/aromatic N) is 2. The summed E-state index contributed by atoms with van der Waals surface area (Å²) in [6, 6.07) is 15.0. The van der Waals surface area contributed by atoms with Crippen molar-refractivity contribution in [3.63, 3.8) is 0 Å². The Morgan fingerprint density at radius 3 is 2.48 bits per heavy atom. The number of anilines is 2. The molecule has 5 N–H and O–H groups in total. The molecule has 146 valence electrons. The van der Waals surface area contributed by atoms with Gasteiger partial charge in [-0.3, -0.25) is 9.59 Å². The highest BCUT2D eigenvalue weighted by molar-refractivity contribution is 6.06. The van der Waals surface area contributed by atoms with Crippen molar-refractivity contribution in [1.82, 2.24) is 9.78 Å². The molecule has 2 amide bonds. The largest absolute Gasteiger partial charge is 0.508 e. The summed E-state index contributed by atoms with van der Waals surface area (Å²) in [5.74, 6) is -0.393. The number of phenols is 1. The zero-order valence-corrected chi connectivity index (χ0v) is 15.6. The highest BCUT2D eigenvalue weighted by Crippen LogP contribution is 2.38. The quantitative estimate of drug-likeness (QED) is 0.546. The lowest BCUT2D eigenvalue weighted by atomic mass is 9.94. The molecule has 0 fully saturated rings.